The maximum atomic E-state index is 12.2. The molecular weight excluding hydrogens is 292 g/mol. The van der Waals surface area contributed by atoms with Crippen molar-refractivity contribution >= 4 is 11.8 Å². The zero-order chi connectivity index (χ0) is 16.4. The summed E-state index contributed by atoms with van der Waals surface area (Å²) in [6.45, 7) is 3.61. The van der Waals surface area contributed by atoms with Crippen LogP contribution in [0, 0.1) is 0 Å². The summed E-state index contributed by atoms with van der Waals surface area (Å²) in [6, 6.07) is 11.0. The van der Waals surface area contributed by atoms with Crippen molar-refractivity contribution in [2.45, 2.75) is 38.5 Å². The van der Waals surface area contributed by atoms with Crippen molar-refractivity contribution in [3.8, 4) is 0 Å². The molecule has 1 aliphatic rings. The van der Waals surface area contributed by atoms with Gasteiger partial charge >= 0.3 is 5.97 Å². The van der Waals surface area contributed by atoms with Crippen molar-refractivity contribution in [2.24, 2.45) is 0 Å². The Bertz CT molecular complexity index is 715. The van der Waals surface area contributed by atoms with Crippen LogP contribution in [0.15, 0.2) is 42.6 Å². The van der Waals surface area contributed by atoms with Crippen LogP contribution in [-0.2, 0) is 11.2 Å². The van der Waals surface area contributed by atoms with Crippen LogP contribution < -0.4 is 5.32 Å². The lowest BCUT2D eigenvalue weighted by Crippen LogP contribution is -2.23. The van der Waals surface area contributed by atoms with Crippen LogP contribution in [0.2, 0.25) is 0 Å². The zero-order valence-corrected chi connectivity index (χ0v) is 13.2. The minimum absolute atomic E-state index is 0.201. The van der Waals surface area contributed by atoms with E-state index in [9.17, 15) is 9.90 Å². The molecule has 0 saturated heterocycles. The van der Waals surface area contributed by atoms with E-state index < -0.39 is 12.1 Å². The second-order valence-electron chi connectivity index (χ2n) is 5.95. The fourth-order valence-electron chi connectivity index (χ4n) is 2.86. The van der Waals surface area contributed by atoms with Gasteiger partial charge in [0.2, 0.25) is 0 Å². The lowest BCUT2D eigenvalue weighted by Gasteiger charge is -2.20. The van der Waals surface area contributed by atoms with E-state index >= 15 is 0 Å². The molecule has 23 heavy (non-hydrogen) atoms. The summed E-state index contributed by atoms with van der Waals surface area (Å²) >= 11 is 0. The molecule has 1 aliphatic carbocycles. The second kappa shape index (κ2) is 6.38. The summed E-state index contributed by atoms with van der Waals surface area (Å²) < 4.78 is 5.26. The number of hydrogen-bond acceptors (Lipinski definition) is 5. The van der Waals surface area contributed by atoms with Gasteiger partial charge in [-0.05, 0) is 37.1 Å². The third-order valence-corrected chi connectivity index (χ3v) is 3.87. The molecule has 1 aromatic carbocycles. The normalized spacial score (nSPS) is 19.5. The predicted molar refractivity (Wildman–Crippen MR) is 87.3 cm³/mol. The molecule has 1 aromatic heterocycles. The lowest BCUT2D eigenvalue weighted by atomic mass is 10.1. The van der Waals surface area contributed by atoms with E-state index in [2.05, 4.69) is 10.3 Å². The van der Waals surface area contributed by atoms with Crippen LogP contribution in [-0.4, -0.2) is 28.3 Å². The van der Waals surface area contributed by atoms with Crippen LogP contribution in [0.4, 0.5) is 5.82 Å². The zero-order valence-electron chi connectivity index (χ0n) is 13.2. The number of carbonyl (C=O) groups excluding carboxylic acids is 1. The Morgan fingerprint density at radius 3 is 2.87 bits per heavy atom. The van der Waals surface area contributed by atoms with Gasteiger partial charge < -0.3 is 15.2 Å². The van der Waals surface area contributed by atoms with Gasteiger partial charge in [-0.25, -0.2) is 9.78 Å². The molecule has 0 bridgehead atoms. The molecule has 5 nitrogen and oxygen atoms in total. The van der Waals surface area contributed by atoms with Crippen LogP contribution in [0.1, 0.15) is 41.4 Å². The molecule has 0 unspecified atom stereocenters. The van der Waals surface area contributed by atoms with Crippen LogP contribution >= 0.6 is 0 Å². The standard InChI is InChI=1S/C18H20N2O3/c1-11(2)23-18(22)14-8-5-9-19-17(14)20-16-13-7-4-3-6-12(13)10-15(16)21/h3-9,11,15-16,21H,10H2,1-2H3,(H,19,20)/t15-,16+/m1/s1. The van der Waals surface area contributed by atoms with Crippen molar-refractivity contribution in [1.29, 1.82) is 0 Å². The van der Waals surface area contributed by atoms with Gasteiger partial charge in [0.25, 0.3) is 0 Å². The number of aliphatic hydroxyl groups excluding tert-OH is 1. The molecule has 0 fully saturated rings. The Hall–Kier alpha value is -2.40. The van der Waals surface area contributed by atoms with E-state index in [0.717, 1.165) is 11.1 Å². The van der Waals surface area contributed by atoms with E-state index in [1.807, 2.05) is 24.3 Å². The van der Waals surface area contributed by atoms with Gasteiger partial charge in [0.1, 0.15) is 11.4 Å². The first-order chi connectivity index (χ1) is 11.1. The molecule has 2 N–H and O–H groups in total. The number of hydrogen-bond donors (Lipinski definition) is 2. The highest BCUT2D eigenvalue weighted by molar-refractivity contribution is 5.94. The highest BCUT2D eigenvalue weighted by Crippen LogP contribution is 2.34. The fourth-order valence-corrected chi connectivity index (χ4v) is 2.86. The molecule has 0 spiro atoms. The molecule has 5 heteroatoms. The number of nitrogens with zero attached hydrogens (tertiary/aromatic N) is 1. The maximum absolute atomic E-state index is 12.2. The highest BCUT2D eigenvalue weighted by Gasteiger charge is 2.31. The Morgan fingerprint density at radius 1 is 1.30 bits per heavy atom. The van der Waals surface area contributed by atoms with Gasteiger partial charge in [-0.15, -0.1) is 0 Å². The molecule has 120 valence electrons. The Kier molecular flexibility index (Phi) is 4.30. The lowest BCUT2D eigenvalue weighted by molar-refractivity contribution is 0.0378. The van der Waals surface area contributed by atoms with Gasteiger partial charge in [0, 0.05) is 12.6 Å². The Balaban J connectivity index is 1.88. The first kappa shape index (κ1) is 15.5. The number of carbonyl (C=O) groups is 1. The summed E-state index contributed by atoms with van der Waals surface area (Å²) in [5.74, 6) is 0.00951. The Morgan fingerprint density at radius 2 is 2.09 bits per heavy atom. The number of nitrogens with one attached hydrogen (secondary N) is 1. The van der Waals surface area contributed by atoms with Crippen LogP contribution in [0.5, 0.6) is 0 Å². The minimum Gasteiger partial charge on any atom is -0.459 e. The highest BCUT2D eigenvalue weighted by atomic mass is 16.5. The number of pyridine rings is 1. The van der Waals surface area contributed by atoms with Gasteiger partial charge in [0.15, 0.2) is 0 Å². The molecule has 0 aliphatic heterocycles. The minimum atomic E-state index is -0.552. The largest absolute Gasteiger partial charge is 0.459 e. The first-order valence-electron chi connectivity index (χ1n) is 7.74. The topological polar surface area (TPSA) is 71.5 Å². The van der Waals surface area contributed by atoms with Gasteiger partial charge in [-0.1, -0.05) is 24.3 Å². The number of benzene rings is 1. The molecule has 3 rings (SSSR count). The number of ether oxygens (including phenoxy) is 1. The predicted octanol–water partition coefficient (Wildman–Crippen LogP) is 2.72. The summed E-state index contributed by atoms with van der Waals surface area (Å²) in [5.41, 5.74) is 2.52. The summed E-state index contributed by atoms with van der Waals surface area (Å²) in [5, 5.41) is 13.5. The molecule has 2 aromatic rings. The first-order valence-corrected chi connectivity index (χ1v) is 7.74. The van der Waals surface area contributed by atoms with E-state index in [4.69, 9.17) is 4.74 Å². The fraction of sp³-hybridized carbons (Fsp3) is 0.333. The summed E-state index contributed by atoms with van der Waals surface area (Å²) in [6.07, 6.45) is 1.45. The molecule has 0 amide bonds. The Labute approximate surface area is 135 Å². The average Bonchev–Trinajstić information content (AvgIpc) is 2.83. The van der Waals surface area contributed by atoms with Gasteiger partial charge in [-0.3, -0.25) is 0 Å². The van der Waals surface area contributed by atoms with Crippen molar-refractivity contribution < 1.29 is 14.6 Å². The number of rotatable bonds is 4. The number of esters is 1. The van der Waals surface area contributed by atoms with E-state index in [0.29, 0.717) is 17.8 Å². The van der Waals surface area contributed by atoms with E-state index in [1.54, 1.807) is 32.2 Å². The number of anilines is 1. The van der Waals surface area contributed by atoms with Crippen molar-refractivity contribution in [3.05, 3.63) is 59.3 Å². The molecule has 0 saturated carbocycles. The SMILES string of the molecule is CC(C)OC(=O)c1cccnc1N[C@H]1c2ccccc2C[C@H]1O. The number of aromatic nitrogens is 1. The molecule has 2 atom stereocenters. The van der Waals surface area contributed by atoms with Crippen LogP contribution in [0.25, 0.3) is 0 Å². The summed E-state index contributed by atoms with van der Waals surface area (Å²) in [7, 11) is 0. The third-order valence-electron chi connectivity index (χ3n) is 3.87. The monoisotopic (exact) mass is 312 g/mol. The third kappa shape index (κ3) is 3.19. The molecule has 0 radical (unpaired) electrons. The summed E-state index contributed by atoms with van der Waals surface area (Å²) in [4.78, 5) is 16.5. The van der Waals surface area contributed by atoms with Crippen molar-refractivity contribution in [3.63, 3.8) is 0 Å². The second-order valence-corrected chi connectivity index (χ2v) is 5.95. The molecular formula is C18H20N2O3. The van der Waals surface area contributed by atoms with E-state index in [-0.39, 0.29) is 12.1 Å². The smallest absolute Gasteiger partial charge is 0.342 e. The maximum Gasteiger partial charge on any atom is 0.342 e. The average molecular weight is 312 g/mol. The van der Waals surface area contributed by atoms with Crippen LogP contribution in [0.3, 0.4) is 0 Å². The van der Waals surface area contributed by atoms with E-state index in [1.165, 1.54) is 0 Å². The van der Waals surface area contributed by atoms with Gasteiger partial charge in [0.05, 0.1) is 18.2 Å². The number of fused-ring (bicyclic) bond motifs is 1. The van der Waals surface area contributed by atoms with Crippen molar-refractivity contribution in [1.82, 2.24) is 4.98 Å². The van der Waals surface area contributed by atoms with Crippen molar-refractivity contribution in [2.75, 3.05) is 5.32 Å². The number of aliphatic hydroxyl groups is 1. The van der Waals surface area contributed by atoms with Gasteiger partial charge in [-0.2, -0.15) is 0 Å². The quantitative estimate of drug-likeness (QED) is 0.849. The molecule has 1 heterocycles.